The van der Waals surface area contributed by atoms with Crippen LogP contribution in [-0.2, 0) is 16.4 Å². The lowest BCUT2D eigenvalue weighted by Crippen LogP contribution is -2.35. The Bertz CT molecular complexity index is 1160. The Morgan fingerprint density at radius 2 is 2.09 bits per heavy atom. The van der Waals surface area contributed by atoms with Gasteiger partial charge in [0.1, 0.15) is 11.6 Å². The maximum absolute atomic E-state index is 12.0. The van der Waals surface area contributed by atoms with Gasteiger partial charge in [-0.1, -0.05) is 19.1 Å². The topological polar surface area (TPSA) is 110 Å². The van der Waals surface area contributed by atoms with E-state index in [0.29, 0.717) is 43.1 Å². The van der Waals surface area contributed by atoms with E-state index in [2.05, 4.69) is 39.9 Å². The average Bonchev–Trinajstić information content (AvgIpc) is 3.45. The number of H-pyrrole nitrogens is 1. The molecule has 4 N–H and O–H groups in total. The third-order valence-corrected chi connectivity index (χ3v) is 8.77. The molecule has 3 heterocycles. The number of benzene rings is 1. The number of hydrogen-bond acceptors (Lipinski definition) is 6. The molecule has 8 nitrogen and oxygen atoms in total. The minimum atomic E-state index is -3.21. The summed E-state index contributed by atoms with van der Waals surface area (Å²) in [5.74, 6) is 2.16. The highest BCUT2D eigenvalue weighted by atomic mass is 32.2. The molecule has 1 aliphatic carbocycles. The zero-order valence-electron chi connectivity index (χ0n) is 19.2. The van der Waals surface area contributed by atoms with Crippen LogP contribution in [0.25, 0.3) is 5.57 Å². The van der Waals surface area contributed by atoms with Crippen LogP contribution in [0.15, 0.2) is 30.5 Å². The Balaban J connectivity index is 1.28. The Hall–Kier alpha value is -2.20. The number of hydrazine groups is 1. The molecule has 33 heavy (non-hydrogen) atoms. The highest BCUT2D eigenvalue weighted by Crippen LogP contribution is 2.44. The van der Waals surface area contributed by atoms with E-state index in [-0.39, 0.29) is 6.04 Å². The minimum absolute atomic E-state index is 0.102. The van der Waals surface area contributed by atoms with Gasteiger partial charge in [-0.2, -0.15) is 4.31 Å². The Morgan fingerprint density at radius 3 is 2.88 bits per heavy atom. The first-order valence-electron chi connectivity index (χ1n) is 11.9. The second kappa shape index (κ2) is 8.87. The summed E-state index contributed by atoms with van der Waals surface area (Å²) < 4.78 is 25.4. The summed E-state index contributed by atoms with van der Waals surface area (Å²) in [6.45, 7) is 3.06. The number of phenolic OH excluding ortho intramolecular Hbond substituents is 1. The number of imidazole rings is 1. The molecule has 9 heteroatoms. The predicted molar refractivity (Wildman–Crippen MR) is 128 cm³/mol. The monoisotopic (exact) mass is 471 g/mol. The Kier molecular flexibility index (Phi) is 6.07. The molecule has 5 rings (SSSR count). The first kappa shape index (κ1) is 22.6. The van der Waals surface area contributed by atoms with Gasteiger partial charge in [-0.25, -0.2) is 18.8 Å². The van der Waals surface area contributed by atoms with Crippen molar-refractivity contribution in [2.45, 2.75) is 57.0 Å². The van der Waals surface area contributed by atoms with Crippen LogP contribution in [0.1, 0.15) is 67.2 Å². The van der Waals surface area contributed by atoms with E-state index in [1.165, 1.54) is 21.7 Å². The van der Waals surface area contributed by atoms with Gasteiger partial charge < -0.3 is 10.1 Å². The van der Waals surface area contributed by atoms with Crippen LogP contribution in [0, 0.1) is 5.92 Å². The van der Waals surface area contributed by atoms with Crippen molar-refractivity contribution in [3.05, 3.63) is 53.1 Å². The second-order valence-electron chi connectivity index (χ2n) is 9.58. The molecule has 1 aromatic heterocycles. The molecule has 2 aliphatic heterocycles. The molecule has 0 spiro atoms. The maximum atomic E-state index is 12.0. The molecule has 178 valence electrons. The maximum Gasteiger partial charge on any atom is 0.211 e. The zero-order valence-corrected chi connectivity index (χ0v) is 20.0. The number of rotatable bonds is 5. The summed E-state index contributed by atoms with van der Waals surface area (Å²) in [6, 6.07) is 6.26. The number of aromatic hydroxyl groups is 1. The molecule has 0 bridgehead atoms. The van der Waals surface area contributed by atoms with E-state index in [1.807, 2.05) is 12.3 Å². The predicted octanol–water partition coefficient (Wildman–Crippen LogP) is 2.83. The number of aryl methyl sites for hydroxylation is 1. The third kappa shape index (κ3) is 4.47. The first-order valence-corrected chi connectivity index (χ1v) is 13.7. The molecule has 1 saturated heterocycles. The number of phenols is 1. The van der Waals surface area contributed by atoms with Gasteiger partial charge in [0.25, 0.3) is 0 Å². The van der Waals surface area contributed by atoms with Crippen molar-refractivity contribution in [2.75, 3.05) is 19.3 Å². The quantitative estimate of drug-likeness (QED) is 0.534. The molecule has 2 fully saturated rings. The van der Waals surface area contributed by atoms with Crippen LogP contribution < -0.4 is 10.9 Å². The summed E-state index contributed by atoms with van der Waals surface area (Å²) in [5.41, 5.74) is 11.5. The first-order chi connectivity index (χ1) is 15.8. The van der Waals surface area contributed by atoms with Crippen LogP contribution in [0.5, 0.6) is 5.75 Å². The lowest BCUT2D eigenvalue weighted by Gasteiger charge is -2.33. The summed E-state index contributed by atoms with van der Waals surface area (Å²) >= 11 is 0. The van der Waals surface area contributed by atoms with Crippen LogP contribution in [-0.4, -0.2) is 53.2 Å². The zero-order chi connectivity index (χ0) is 23.2. The summed E-state index contributed by atoms with van der Waals surface area (Å²) in [4.78, 5) is 8.14. The largest absolute Gasteiger partial charge is 0.508 e. The van der Waals surface area contributed by atoms with Gasteiger partial charge in [-0.3, -0.25) is 5.43 Å². The number of aromatic amines is 1. The van der Waals surface area contributed by atoms with Crippen molar-refractivity contribution in [1.29, 1.82) is 0 Å². The van der Waals surface area contributed by atoms with Gasteiger partial charge >= 0.3 is 0 Å². The molecule has 1 aromatic carbocycles. The fourth-order valence-electron chi connectivity index (χ4n) is 5.77. The number of aromatic nitrogens is 2. The van der Waals surface area contributed by atoms with Crippen molar-refractivity contribution in [3.8, 4) is 5.75 Å². The summed E-state index contributed by atoms with van der Waals surface area (Å²) in [5, 5.41) is 9.86. The highest BCUT2D eigenvalue weighted by molar-refractivity contribution is 7.88. The Morgan fingerprint density at radius 1 is 1.24 bits per heavy atom. The van der Waals surface area contributed by atoms with Crippen molar-refractivity contribution in [2.24, 2.45) is 5.92 Å². The van der Waals surface area contributed by atoms with Crippen LogP contribution in [0.4, 0.5) is 0 Å². The van der Waals surface area contributed by atoms with Gasteiger partial charge in [0.05, 0.1) is 24.2 Å². The SMILES string of the molecule is CCc1cc(O)ccc1C1CCC2C(C1)NNC2c1ncc(C2=CCCN(S(C)(=O)=O)C2)[nH]1. The number of nitrogens with one attached hydrogen (secondary N) is 3. The molecular weight excluding hydrogens is 438 g/mol. The third-order valence-electron chi connectivity index (χ3n) is 7.52. The van der Waals surface area contributed by atoms with E-state index in [0.717, 1.165) is 42.8 Å². The van der Waals surface area contributed by atoms with Crippen molar-refractivity contribution in [1.82, 2.24) is 25.1 Å². The number of sulfonamides is 1. The molecule has 0 radical (unpaired) electrons. The van der Waals surface area contributed by atoms with Gasteiger partial charge in [-0.15, -0.1) is 0 Å². The van der Waals surface area contributed by atoms with E-state index in [1.54, 1.807) is 6.07 Å². The van der Waals surface area contributed by atoms with Gasteiger partial charge in [0, 0.05) is 19.1 Å². The van der Waals surface area contributed by atoms with Crippen molar-refractivity contribution in [3.63, 3.8) is 0 Å². The molecule has 2 aromatic rings. The molecular formula is C24H33N5O3S. The van der Waals surface area contributed by atoms with Crippen molar-refractivity contribution < 1.29 is 13.5 Å². The van der Waals surface area contributed by atoms with E-state index in [9.17, 15) is 13.5 Å². The van der Waals surface area contributed by atoms with Crippen LogP contribution >= 0.6 is 0 Å². The van der Waals surface area contributed by atoms with E-state index >= 15 is 0 Å². The Labute approximate surface area is 195 Å². The minimum Gasteiger partial charge on any atom is -0.508 e. The number of fused-ring (bicyclic) bond motifs is 1. The highest BCUT2D eigenvalue weighted by Gasteiger charge is 2.42. The van der Waals surface area contributed by atoms with Gasteiger partial charge in [-0.05, 0) is 72.8 Å². The fraction of sp³-hybridized carbons (Fsp3) is 0.542. The van der Waals surface area contributed by atoms with Gasteiger partial charge in [0.2, 0.25) is 10.0 Å². The molecule has 4 atom stereocenters. The van der Waals surface area contributed by atoms with Crippen molar-refractivity contribution >= 4 is 15.6 Å². The van der Waals surface area contributed by atoms with Gasteiger partial charge in [0.15, 0.2) is 0 Å². The molecule has 1 saturated carbocycles. The summed E-state index contributed by atoms with van der Waals surface area (Å²) in [7, 11) is -3.21. The molecule has 3 aliphatic rings. The van der Waals surface area contributed by atoms with Crippen LogP contribution in [0.3, 0.4) is 0 Å². The normalized spacial score (nSPS) is 28.5. The average molecular weight is 472 g/mol. The molecule has 4 unspecified atom stereocenters. The van der Waals surface area contributed by atoms with E-state index in [4.69, 9.17) is 0 Å². The van der Waals surface area contributed by atoms with E-state index < -0.39 is 10.0 Å². The lowest BCUT2D eigenvalue weighted by molar-refractivity contribution is 0.276. The van der Waals surface area contributed by atoms with Crippen LogP contribution in [0.2, 0.25) is 0 Å². The number of hydrogen-bond donors (Lipinski definition) is 4. The lowest BCUT2D eigenvalue weighted by atomic mass is 9.73. The summed E-state index contributed by atoms with van der Waals surface area (Å²) in [6.07, 6.45) is 10.1. The molecule has 0 amide bonds. The fourth-order valence-corrected chi connectivity index (χ4v) is 6.58. The standard InChI is InChI=1S/C24H33N5O3S/c1-3-15-11-18(30)7-9-19(15)16-6-8-20-21(12-16)27-28-23(20)24-25-13-22(26-24)17-5-4-10-29(14-17)33(2,31)32/h5,7,9,11,13,16,20-21,23,27-28,30H,3-4,6,8,10,12,14H2,1-2H3,(H,25,26). The second-order valence-corrected chi connectivity index (χ2v) is 11.6. The number of nitrogens with zero attached hydrogens (tertiary/aromatic N) is 2. The smallest absolute Gasteiger partial charge is 0.211 e.